The molecule has 1 fully saturated rings. The second-order valence-corrected chi connectivity index (χ2v) is 6.05. The van der Waals surface area contributed by atoms with E-state index in [1.165, 1.54) is 0 Å². The highest BCUT2D eigenvalue weighted by Gasteiger charge is 2.33. The Morgan fingerprint density at radius 1 is 1.22 bits per heavy atom. The van der Waals surface area contributed by atoms with E-state index in [9.17, 15) is 4.79 Å². The fourth-order valence-corrected chi connectivity index (χ4v) is 3.43. The second-order valence-electron chi connectivity index (χ2n) is 6.05. The highest BCUT2D eigenvalue weighted by atomic mass is 16.5. The number of carbonyl (C=O) groups is 1. The number of carbonyl (C=O) groups excluding carboxylic acids is 1. The molecule has 4 rings (SSSR count). The Balaban J connectivity index is 1.72. The summed E-state index contributed by atoms with van der Waals surface area (Å²) in [6, 6.07) is 15.8. The zero-order chi connectivity index (χ0) is 15.8. The van der Waals surface area contributed by atoms with Gasteiger partial charge in [-0.1, -0.05) is 41.6 Å². The second kappa shape index (κ2) is 5.54. The molecule has 1 atom stereocenters. The van der Waals surface area contributed by atoms with Crippen molar-refractivity contribution in [2.24, 2.45) is 0 Å². The summed E-state index contributed by atoms with van der Waals surface area (Å²) >= 11 is 0. The van der Waals surface area contributed by atoms with Crippen molar-refractivity contribution in [3.8, 4) is 0 Å². The van der Waals surface area contributed by atoms with E-state index in [1.807, 2.05) is 60.4 Å². The lowest BCUT2D eigenvalue weighted by atomic mass is 10.0. The Hall–Kier alpha value is -2.62. The highest BCUT2D eigenvalue weighted by molar-refractivity contribution is 6.07. The predicted octanol–water partition coefficient (Wildman–Crippen LogP) is 4.11. The smallest absolute Gasteiger partial charge is 0.255 e. The summed E-state index contributed by atoms with van der Waals surface area (Å²) in [6.07, 6.45) is 1.93. The van der Waals surface area contributed by atoms with Gasteiger partial charge in [-0.05, 0) is 36.6 Å². The van der Waals surface area contributed by atoms with Gasteiger partial charge in [-0.25, -0.2) is 0 Å². The van der Waals surface area contributed by atoms with Crippen molar-refractivity contribution in [3.05, 3.63) is 65.5 Å². The summed E-state index contributed by atoms with van der Waals surface area (Å²) in [6.45, 7) is 2.64. The van der Waals surface area contributed by atoms with Gasteiger partial charge in [0.25, 0.3) is 5.91 Å². The van der Waals surface area contributed by atoms with Crippen molar-refractivity contribution in [1.82, 2.24) is 10.1 Å². The molecule has 1 saturated heterocycles. The molecule has 0 N–H and O–H groups in total. The number of rotatable bonds is 2. The Bertz CT molecular complexity index is 863. The summed E-state index contributed by atoms with van der Waals surface area (Å²) in [5.41, 5.74) is 1.61. The number of aryl methyl sites for hydroxylation is 1. The van der Waals surface area contributed by atoms with E-state index in [4.69, 9.17) is 4.52 Å². The Kier molecular flexibility index (Phi) is 3.37. The standard InChI is InChI=1S/C19H18N2O2/c1-13-12-17(20-23-13)18-10-5-11-21(18)19(22)16-9-4-7-14-6-2-3-8-15(14)16/h2-4,6-9,12,18H,5,10-11H2,1H3. The maximum atomic E-state index is 13.1. The largest absolute Gasteiger partial charge is 0.361 e. The van der Waals surface area contributed by atoms with E-state index >= 15 is 0 Å². The monoisotopic (exact) mass is 306 g/mol. The van der Waals surface area contributed by atoms with Crippen molar-refractivity contribution in [1.29, 1.82) is 0 Å². The Morgan fingerprint density at radius 3 is 2.87 bits per heavy atom. The van der Waals surface area contributed by atoms with E-state index in [-0.39, 0.29) is 11.9 Å². The first-order valence-electron chi connectivity index (χ1n) is 7.96. The number of likely N-dealkylation sites (tertiary alicyclic amines) is 1. The van der Waals surface area contributed by atoms with Crippen LogP contribution in [0, 0.1) is 6.92 Å². The third kappa shape index (κ3) is 2.40. The van der Waals surface area contributed by atoms with E-state index in [1.54, 1.807) is 0 Å². The zero-order valence-corrected chi connectivity index (χ0v) is 13.0. The summed E-state index contributed by atoms with van der Waals surface area (Å²) in [7, 11) is 0. The lowest BCUT2D eigenvalue weighted by Crippen LogP contribution is -2.30. The lowest BCUT2D eigenvalue weighted by molar-refractivity contribution is 0.0733. The van der Waals surface area contributed by atoms with Crippen molar-refractivity contribution in [3.63, 3.8) is 0 Å². The van der Waals surface area contributed by atoms with Crippen LogP contribution in [0.4, 0.5) is 0 Å². The maximum absolute atomic E-state index is 13.1. The van der Waals surface area contributed by atoms with E-state index in [2.05, 4.69) is 5.16 Å². The van der Waals surface area contributed by atoms with Crippen LogP contribution >= 0.6 is 0 Å². The van der Waals surface area contributed by atoms with Gasteiger partial charge in [-0.2, -0.15) is 0 Å². The third-order valence-electron chi connectivity index (χ3n) is 4.52. The zero-order valence-electron chi connectivity index (χ0n) is 13.0. The molecular formula is C19H18N2O2. The van der Waals surface area contributed by atoms with Crippen LogP contribution in [-0.4, -0.2) is 22.5 Å². The summed E-state index contributed by atoms with van der Waals surface area (Å²) < 4.78 is 5.19. The van der Waals surface area contributed by atoms with Crippen LogP contribution in [0.1, 0.15) is 40.7 Å². The predicted molar refractivity (Wildman–Crippen MR) is 88.2 cm³/mol. The van der Waals surface area contributed by atoms with Gasteiger partial charge in [0.2, 0.25) is 0 Å². The van der Waals surface area contributed by atoms with Crippen molar-refractivity contribution >= 4 is 16.7 Å². The topological polar surface area (TPSA) is 46.3 Å². The quantitative estimate of drug-likeness (QED) is 0.715. The maximum Gasteiger partial charge on any atom is 0.255 e. The minimum Gasteiger partial charge on any atom is -0.361 e. The molecule has 1 aliphatic heterocycles. The molecule has 0 radical (unpaired) electrons. The summed E-state index contributed by atoms with van der Waals surface area (Å²) in [5.74, 6) is 0.856. The molecule has 23 heavy (non-hydrogen) atoms. The first kappa shape index (κ1) is 14.0. The van der Waals surface area contributed by atoms with Crippen LogP contribution in [0.3, 0.4) is 0 Å². The highest BCUT2D eigenvalue weighted by Crippen LogP contribution is 2.33. The molecule has 4 heteroatoms. The van der Waals surface area contributed by atoms with Gasteiger partial charge in [-0.15, -0.1) is 0 Å². The van der Waals surface area contributed by atoms with Gasteiger partial charge >= 0.3 is 0 Å². The van der Waals surface area contributed by atoms with Gasteiger partial charge in [0.1, 0.15) is 11.5 Å². The number of nitrogens with zero attached hydrogens (tertiary/aromatic N) is 2. The molecule has 0 bridgehead atoms. The Labute approximate surface area is 134 Å². The number of amides is 1. The molecule has 1 aromatic heterocycles. The SMILES string of the molecule is Cc1cc(C2CCCN2C(=O)c2cccc3ccccc23)no1. The average molecular weight is 306 g/mol. The Morgan fingerprint density at radius 2 is 2.04 bits per heavy atom. The molecule has 1 aliphatic rings. The van der Waals surface area contributed by atoms with Gasteiger partial charge in [0.15, 0.2) is 0 Å². The van der Waals surface area contributed by atoms with Gasteiger partial charge in [0, 0.05) is 18.2 Å². The summed E-state index contributed by atoms with van der Waals surface area (Å²) in [5, 5.41) is 6.21. The van der Waals surface area contributed by atoms with Crippen molar-refractivity contribution in [2.45, 2.75) is 25.8 Å². The third-order valence-corrected chi connectivity index (χ3v) is 4.52. The van der Waals surface area contributed by atoms with Crippen LogP contribution in [0.2, 0.25) is 0 Å². The van der Waals surface area contributed by atoms with E-state index < -0.39 is 0 Å². The summed E-state index contributed by atoms with van der Waals surface area (Å²) in [4.78, 5) is 15.0. The van der Waals surface area contributed by atoms with E-state index in [0.29, 0.717) is 0 Å². The number of hydrogen-bond acceptors (Lipinski definition) is 3. The van der Waals surface area contributed by atoms with Gasteiger partial charge < -0.3 is 9.42 Å². The van der Waals surface area contributed by atoms with Gasteiger partial charge in [-0.3, -0.25) is 4.79 Å². The first-order chi connectivity index (χ1) is 11.2. The molecule has 0 saturated carbocycles. The normalized spacial score (nSPS) is 17.8. The number of aromatic nitrogens is 1. The first-order valence-corrected chi connectivity index (χ1v) is 7.96. The number of benzene rings is 2. The molecular weight excluding hydrogens is 288 g/mol. The molecule has 0 aliphatic carbocycles. The molecule has 3 aromatic rings. The van der Waals surface area contributed by atoms with Crippen molar-refractivity contribution < 1.29 is 9.32 Å². The molecule has 4 nitrogen and oxygen atoms in total. The molecule has 116 valence electrons. The van der Waals surface area contributed by atoms with Gasteiger partial charge in [0.05, 0.1) is 6.04 Å². The minimum absolute atomic E-state index is 0.0129. The fourth-order valence-electron chi connectivity index (χ4n) is 3.43. The van der Waals surface area contributed by atoms with E-state index in [0.717, 1.165) is 47.2 Å². The number of fused-ring (bicyclic) bond motifs is 1. The van der Waals surface area contributed by atoms with Crippen molar-refractivity contribution in [2.75, 3.05) is 6.54 Å². The fraction of sp³-hybridized carbons (Fsp3) is 0.263. The molecule has 2 heterocycles. The number of hydrogen-bond donors (Lipinski definition) is 0. The molecule has 0 spiro atoms. The van der Waals surface area contributed by atoms with Crippen LogP contribution < -0.4 is 0 Å². The van der Waals surface area contributed by atoms with Crippen LogP contribution in [0.15, 0.2) is 53.1 Å². The lowest BCUT2D eigenvalue weighted by Gasteiger charge is -2.23. The molecule has 1 unspecified atom stereocenters. The van der Waals surface area contributed by atoms with Crippen LogP contribution in [-0.2, 0) is 0 Å². The average Bonchev–Trinajstić information content (AvgIpc) is 3.22. The minimum atomic E-state index is 0.0129. The van der Waals surface area contributed by atoms with Crippen LogP contribution in [0.5, 0.6) is 0 Å². The van der Waals surface area contributed by atoms with Crippen LogP contribution in [0.25, 0.3) is 10.8 Å². The molecule has 1 amide bonds. The molecule has 2 aromatic carbocycles.